The number of carbonyl (C=O) groups excluding carboxylic acids is 1. The molecule has 1 unspecified atom stereocenters. The lowest BCUT2D eigenvalue weighted by Crippen LogP contribution is -2.20. The summed E-state index contributed by atoms with van der Waals surface area (Å²) in [6, 6.07) is 0.375. The summed E-state index contributed by atoms with van der Waals surface area (Å²) in [4.78, 5) is 11.9. The third-order valence-corrected chi connectivity index (χ3v) is 4.77. The second kappa shape index (κ2) is 8.36. The number of tetrazole rings is 1. The van der Waals surface area contributed by atoms with Crippen LogP contribution in [0, 0.1) is 0 Å². The molecule has 2 rings (SSSR count). The molecule has 1 saturated carbocycles. The van der Waals surface area contributed by atoms with Gasteiger partial charge in [-0.25, -0.2) is 4.68 Å². The number of hydrogen-bond acceptors (Lipinski definition) is 6. The summed E-state index contributed by atoms with van der Waals surface area (Å²) in [5.41, 5.74) is 0. The summed E-state index contributed by atoms with van der Waals surface area (Å²) in [6.45, 7) is 4.41. The predicted molar refractivity (Wildman–Crippen MR) is 81.1 cm³/mol. The smallest absolute Gasteiger partial charge is 0.319 e. The molecule has 1 heterocycles. The SMILES string of the molecule is CCCCOC(=O)C(C)Sc1nnnn1C1CCCCC1. The Balaban J connectivity index is 1.90. The molecular weight excluding hydrogens is 288 g/mol. The number of carbonyl (C=O) groups is 1. The van der Waals surface area contributed by atoms with Crippen molar-refractivity contribution in [2.75, 3.05) is 6.61 Å². The van der Waals surface area contributed by atoms with Crippen LogP contribution in [0.25, 0.3) is 0 Å². The number of unbranched alkanes of at least 4 members (excludes halogenated alkanes) is 1. The number of nitrogens with zero attached hydrogens (tertiary/aromatic N) is 4. The summed E-state index contributed by atoms with van der Waals surface area (Å²) in [6.07, 6.45) is 7.91. The van der Waals surface area contributed by atoms with Crippen LogP contribution in [-0.2, 0) is 9.53 Å². The second-order valence-corrected chi connectivity index (χ2v) is 6.79. The van der Waals surface area contributed by atoms with Crippen LogP contribution in [0.1, 0.15) is 64.8 Å². The van der Waals surface area contributed by atoms with Crippen molar-refractivity contribution >= 4 is 17.7 Å². The third-order valence-electron chi connectivity index (χ3n) is 3.74. The van der Waals surface area contributed by atoms with Gasteiger partial charge in [-0.2, -0.15) is 0 Å². The van der Waals surface area contributed by atoms with Gasteiger partial charge in [0.05, 0.1) is 12.6 Å². The Morgan fingerprint density at radius 1 is 1.43 bits per heavy atom. The fourth-order valence-corrected chi connectivity index (χ4v) is 3.32. The fraction of sp³-hybridized carbons (Fsp3) is 0.857. The van der Waals surface area contributed by atoms with Crippen LogP contribution in [0.5, 0.6) is 0 Å². The molecule has 1 aromatic heterocycles. The van der Waals surface area contributed by atoms with E-state index >= 15 is 0 Å². The Labute approximate surface area is 130 Å². The highest BCUT2D eigenvalue weighted by molar-refractivity contribution is 8.00. The van der Waals surface area contributed by atoms with Gasteiger partial charge in [0.15, 0.2) is 0 Å². The van der Waals surface area contributed by atoms with Crippen LogP contribution in [0.3, 0.4) is 0 Å². The number of thioether (sulfide) groups is 1. The van der Waals surface area contributed by atoms with Gasteiger partial charge in [0.25, 0.3) is 0 Å². The molecule has 0 amide bonds. The van der Waals surface area contributed by atoms with E-state index in [-0.39, 0.29) is 11.2 Å². The van der Waals surface area contributed by atoms with E-state index in [2.05, 4.69) is 22.4 Å². The van der Waals surface area contributed by atoms with Crippen LogP contribution in [0.2, 0.25) is 0 Å². The average molecular weight is 312 g/mol. The molecule has 0 aliphatic heterocycles. The fourth-order valence-electron chi connectivity index (χ4n) is 2.46. The third kappa shape index (κ3) is 4.69. The highest BCUT2D eigenvalue weighted by Gasteiger charge is 2.24. The Bertz CT molecular complexity index is 446. The van der Waals surface area contributed by atoms with E-state index in [0.29, 0.717) is 12.6 Å². The van der Waals surface area contributed by atoms with Crippen molar-refractivity contribution in [2.45, 2.75) is 75.2 Å². The van der Waals surface area contributed by atoms with Crippen LogP contribution in [0.4, 0.5) is 0 Å². The van der Waals surface area contributed by atoms with Gasteiger partial charge in [-0.05, 0) is 36.6 Å². The van der Waals surface area contributed by atoms with Gasteiger partial charge in [0, 0.05) is 0 Å². The van der Waals surface area contributed by atoms with Gasteiger partial charge < -0.3 is 4.74 Å². The van der Waals surface area contributed by atoms with Crippen molar-refractivity contribution < 1.29 is 9.53 Å². The van der Waals surface area contributed by atoms with Gasteiger partial charge in [-0.3, -0.25) is 4.79 Å². The highest BCUT2D eigenvalue weighted by Crippen LogP contribution is 2.31. The van der Waals surface area contributed by atoms with E-state index in [0.717, 1.165) is 30.8 Å². The van der Waals surface area contributed by atoms with E-state index < -0.39 is 0 Å². The van der Waals surface area contributed by atoms with Gasteiger partial charge >= 0.3 is 5.97 Å². The first-order valence-corrected chi connectivity index (χ1v) is 8.71. The Kier molecular flexibility index (Phi) is 6.48. The van der Waals surface area contributed by atoms with Gasteiger partial charge in [-0.15, -0.1) is 5.10 Å². The van der Waals surface area contributed by atoms with Crippen LogP contribution < -0.4 is 0 Å². The lowest BCUT2D eigenvalue weighted by Gasteiger charge is -2.22. The lowest BCUT2D eigenvalue weighted by molar-refractivity contribution is -0.142. The van der Waals surface area contributed by atoms with Crippen molar-refractivity contribution in [3.8, 4) is 0 Å². The number of ether oxygens (including phenoxy) is 1. The maximum absolute atomic E-state index is 11.9. The van der Waals surface area contributed by atoms with E-state index in [1.807, 2.05) is 11.6 Å². The van der Waals surface area contributed by atoms with E-state index in [9.17, 15) is 4.79 Å². The van der Waals surface area contributed by atoms with Crippen molar-refractivity contribution in [3.05, 3.63) is 0 Å². The normalized spacial score (nSPS) is 17.6. The zero-order chi connectivity index (χ0) is 15.1. The van der Waals surface area contributed by atoms with Gasteiger partial charge in [0.1, 0.15) is 5.25 Å². The highest BCUT2D eigenvalue weighted by atomic mass is 32.2. The van der Waals surface area contributed by atoms with Gasteiger partial charge in [0.2, 0.25) is 5.16 Å². The zero-order valence-corrected chi connectivity index (χ0v) is 13.6. The first kappa shape index (κ1) is 16.3. The molecule has 7 heteroatoms. The van der Waals surface area contributed by atoms with E-state index in [1.165, 1.54) is 31.0 Å². The summed E-state index contributed by atoms with van der Waals surface area (Å²) in [5, 5.41) is 12.4. The molecule has 0 radical (unpaired) electrons. The zero-order valence-electron chi connectivity index (χ0n) is 12.8. The Morgan fingerprint density at radius 2 is 2.19 bits per heavy atom. The first-order chi connectivity index (χ1) is 10.2. The number of aromatic nitrogens is 4. The summed E-state index contributed by atoms with van der Waals surface area (Å²) in [7, 11) is 0. The van der Waals surface area contributed by atoms with Crippen LogP contribution in [0.15, 0.2) is 5.16 Å². The van der Waals surface area contributed by atoms with E-state index in [1.54, 1.807) is 0 Å². The Hall–Kier alpha value is -1.11. The average Bonchev–Trinajstić information content (AvgIpc) is 2.96. The van der Waals surface area contributed by atoms with Crippen LogP contribution >= 0.6 is 11.8 Å². The van der Waals surface area contributed by atoms with Crippen molar-refractivity contribution in [1.82, 2.24) is 20.2 Å². The largest absolute Gasteiger partial charge is 0.465 e. The molecule has 21 heavy (non-hydrogen) atoms. The molecule has 1 aliphatic carbocycles. The molecule has 0 saturated heterocycles. The van der Waals surface area contributed by atoms with Crippen molar-refractivity contribution in [1.29, 1.82) is 0 Å². The molecule has 118 valence electrons. The second-order valence-electron chi connectivity index (χ2n) is 5.48. The van der Waals surface area contributed by atoms with Crippen LogP contribution in [-0.4, -0.2) is 38.0 Å². The summed E-state index contributed by atoms with van der Waals surface area (Å²) >= 11 is 1.39. The quantitative estimate of drug-likeness (QED) is 0.438. The minimum absolute atomic E-state index is 0.188. The van der Waals surface area contributed by atoms with E-state index in [4.69, 9.17) is 4.74 Å². The monoisotopic (exact) mass is 312 g/mol. The molecule has 1 aliphatic rings. The molecule has 1 fully saturated rings. The Morgan fingerprint density at radius 3 is 2.90 bits per heavy atom. The van der Waals surface area contributed by atoms with Crippen molar-refractivity contribution in [2.24, 2.45) is 0 Å². The predicted octanol–water partition coefficient (Wildman–Crippen LogP) is 3.00. The van der Waals surface area contributed by atoms with Crippen molar-refractivity contribution in [3.63, 3.8) is 0 Å². The standard InChI is InChI=1S/C14H24N4O2S/c1-3-4-10-20-13(19)11(2)21-14-15-16-17-18(14)12-8-6-5-7-9-12/h11-12H,3-10H2,1-2H3. The summed E-state index contributed by atoms with van der Waals surface area (Å²) < 4.78 is 7.13. The maximum Gasteiger partial charge on any atom is 0.319 e. The lowest BCUT2D eigenvalue weighted by atomic mass is 9.96. The molecule has 0 bridgehead atoms. The topological polar surface area (TPSA) is 69.9 Å². The number of rotatable bonds is 7. The number of esters is 1. The minimum atomic E-state index is -0.282. The molecule has 1 aromatic rings. The number of hydrogen-bond donors (Lipinski definition) is 0. The minimum Gasteiger partial charge on any atom is -0.465 e. The molecular formula is C14H24N4O2S. The van der Waals surface area contributed by atoms with Gasteiger partial charge in [-0.1, -0.05) is 44.4 Å². The maximum atomic E-state index is 11.9. The molecule has 6 nitrogen and oxygen atoms in total. The molecule has 1 atom stereocenters. The molecule has 0 aromatic carbocycles. The molecule has 0 spiro atoms. The summed E-state index contributed by atoms with van der Waals surface area (Å²) in [5.74, 6) is -0.188. The molecule has 0 N–H and O–H groups in total. The first-order valence-electron chi connectivity index (χ1n) is 7.83.